The Morgan fingerprint density at radius 3 is 2.55 bits per heavy atom. The van der Waals surface area contributed by atoms with Gasteiger partial charge in [-0.1, -0.05) is 5.10 Å². The first kappa shape index (κ1) is 14.9. The van der Waals surface area contributed by atoms with Gasteiger partial charge in [0.2, 0.25) is 0 Å². The SMILES string of the molecule is Cc1cc(C(F)(F)F)c(C)[n+]([O-])c1-n1cc2c(n1)CCCC2. The van der Waals surface area contributed by atoms with Crippen LogP contribution in [0.25, 0.3) is 5.82 Å². The van der Waals surface area contributed by atoms with Gasteiger partial charge in [0.25, 0.3) is 0 Å². The zero-order chi connectivity index (χ0) is 16.1. The Morgan fingerprint density at radius 2 is 1.91 bits per heavy atom. The quantitative estimate of drug-likeness (QED) is 0.600. The molecule has 2 aromatic heterocycles. The van der Waals surface area contributed by atoms with Gasteiger partial charge in [-0.2, -0.15) is 13.2 Å². The predicted molar refractivity (Wildman–Crippen MR) is 73.6 cm³/mol. The predicted octanol–water partition coefficient (Wildman–Crippen LogP) is 3.02. The molecule has 7 heteroatoms. The molecule has 1 aliphatic carbocycles. The lowest BCUT2D eigenvalue weighted by atomic mass is 9.99. The minimum atomic E-state index is -4.54. The van der Waals surface area contributed by atoms with Gasteiger partial charge < -0.3 is 5.21 Å². The van der Waals surface area contributed by atoms with Crippen molar-refractivity contribution in [1.29, 1.82) is 0 Å². The number of alkyl halides is 3. The molecule has 0 fully saturated rings. The van der Waals surface area contributed by atoms with E-state index in [0.717, 1.165) is 43.0 Å². The summed E-state index contributed by atoms with van der Waals surface area (Å²) in [5.74, 6) is 0.139. The normalized spacial score (nSPS) is 15.0. The minimum Gasteiger partial charge on any atom is -0.710 e. The highest BCUT2D eigenvalue weighted by atomic mass is 19.4. The molecule has 0 bridgehead atoms. The molecule has 0 unspecified atom stereocenters. The van der Waals surface area contributed by atoms with Gasteiger partial charge >= 0.3 is 12.0 Å². The number of aryl methyl sites for hydroxylation is 3. The van der Waals surface area contributed by atoms with E-state index in [1.807, 2.05) is 0 Å². The maximum absolute atomic E-state index is 13.0. The van der Waals surface area contributed by atoms with Gasteiger partial charge in [-0.25, -0.2) is 4.73 Å². The van der Waals surface area contributed by atoms with Crippen LogP contribution in [0.5, 0.6) is 0 Å². The molecule has 0 aromatic carbocycles. The van der Waals surface area contributed by atoms with Crippen LogP contribution in [0.2, 0.25) is 0 Å². The summed E-state index contributed by atoms with van der Waals surface area (Å²) in [6, 6.07) is 1.01. The first-order valence-electron chi connectivity index (χ1n) is 7.18. The van der Waals surface area contributed by atoms with Crippen molar-refractivity contribution in [2.45, 2.75) is 45.7 Å². The Kier molecular flexibility index (Phi) is 3.38. The summed E-state index contributed by atoms with van der Waals surface area (Å²) < 4.78 is 40.6. The second-order valence-corrected chi connectivity index (χ2v) is 5.69. The van der Waals surface area contributed by atoms with Crippen molar-refractivity contribution in [1.82, 2.24) is 9.78 Å². The number of aromatic nitrogens is 3. The van der Waals surface area contributed by atoms with Crippen molar-refractivity contribution in [2.75, 3.05) is 0 Å². The van der Waals surface area contributed by atoms with E-state index in [0.29, 0.717) is 4.73 Å². The van der Waals surface area contributed by atoms with Gasteiger partial charge in [-0.3, -0.25) is 0 Å². The summed E-state index contributed by atoms with van der Waals surface area (Å²) in [5.41, 5.74) is 1.00. The third-order valence-corrected chi connectivity index (χ3v) is 4.11. The summed E-state index contributed by atoms with van der Waals surface area (Å²) in [5, 5.41) is 16.7. The van der Waals surface area contributed by atoms with Gasteiger partial charge in [0.15, 0.2) is 0 Å². The lowest BCUT2D eigenvalue weighted by Crippen LogP contribution is -2.39. The first-order chi connectivity index (χ1) is 10.3. The van der Waals surface area contributed by atoms with Crippen LogP contribution in [0.1, 0.15) is 40.9 Å². The van der Waals surface area contributed by atoms with Crippen molar-refractivity contribution >= 4 is 0 Å². The fourth-order valence-electron chi connectivity index (χ4n) is 2.96. The number of fused-ring (bicyclic) bond motifs is 1. The van der Waals surface area contributed by atoms with E-state index in [-0.39, 0.29) is 17.1 Å². The highest BCUT2D eigenvalue weighted by Gasteiger charge is 2.36. The van der Waals surface area contributed by atoms with Crippen LogP contribution in [0, 0.1) is 19.1 Å². The average molecular weight is 311 g/mol. The van der Waals surface area contributed by atoms with E-state index in [1.165, 1.54) is 18.5 Å². The van der Waals surface area contributed by atoms with Crippen LogP contribution >= 0.6 is 0 Å². The van der Waals surface area contributed by atoms with E-state index in [9.17, 15) is 18.4 Å². The third kappa shape index (κ3) is 2.34. The zero-order valence-electron chi connectivity index (χ0n) is 12.4. The van der Waals surface area contributed by atoms with E-state index < -0.39 is 11.7 Å². The molecule has 0 saturated heterocycles. The number of hydrogen-bond donors (Lipinski definition) is 0. The Hall–Kier alpha value is -2.05. The zero-order valence-corrected chi connectivity index (χ0v) is 12.4. The van der Waals surface area contributed by atoms with E-state index in [4.69, 9.17) is 0 Å². The van der Waals surface area contributed by atoms with Crippen LogP contribution in [0.4, 0.5) is 13.2 Å². The Bertz CT molecular complexity index is 711. The van der Waals surface area contributed by atoms with Gasteiger partial charge in [-0.15, -0.1) is 4.68 Å². The summed E-state index contributed by atoms with van der Waals surface area (Å²) in [7, 11) is 0. The molecule has 22 heavy (non-hydrogen) atoms. The minimum absolute atomic E-state index is 0.139. The molecule has 0 aliphatic heterocycles. The average Bonchev–Trinajstić information content (AvgIpc) is 2.85. The van der Waals surface area contributed by atoms with Gasteiger partial charge in [0.05, 0.1) is 11.3 Å². The second kappa shape index (κ2) is 5.00. The Balaban J connectivity index is 2.16. The molecular formula is C15H16F3N3O. The van der Waals surface area contributed by atoms with E-state index in [1.54, 1.807) is 6.20 Å². The monoisotopic (exact) mass is 311 g/mol. The second-order valence-electron chi connectivity index (χ2n) is 5.69. The standard InChI is InChI=1S/C15H16F3N3O/c1-9-7-12(15(16,17)18)10(2)21(22)14(9)20-8-11-5-3-4-6-13(11)19-20/h7-8H,3-6H2,1-2H3. The third-order valence-electron chi connectivity index (χ3n) is 4.11. The summed E-state index contributed by atoms with van der Waals surface area (Å²) in [6.07, 6.45) is 1.08. The van der Waals surface area contributed by atoms with Crippen LogP contribution < -0.4 is 4.73 Å². The number of hydrogen-bond acceptors (Lipinski definition) is 2. The first-order valence-corrected chi connectivity index (χ1v) is 7.18. The van der Waals surface area contributed by atoms with Crippen LogP contribution in [0.3, 0.4) is 0 Å². The smallest absolute Gasteiger partial charge is 0.420 e. The molecule has 0 atom stereocenters. The number of nitrogens with zero attached hydrogens (tertiary/aromatic N) is 3. The summed E-state index contributed by atoms with van der Waals surface area (Å²) >= 11 is 0. The lowest BCUT2D eigenvalue weighted by molar-refractivity contribution is -0.608. The maximum atomic E-state index is 13.0. The Morgan fingerprint density at radius 1 is 1.23 bits per heavy atom. The van der Waals surface area contributed by atoms with E-state index >= 15 is 0 Å². The molecule has 3 rings (SSSR count). The highest BCUT2D eigenvalue weighted by molar-refractivity contribution is 5.36. The van der Waals surface area contributed by atoms with Gasteiger partial charge in [0, 0.05) is 11.1 Å². The fourth-order valence-corrected chi connectivity index (χ4v) is 2.96. The largest absolute Gasteiger partial charge is 0.710 e. The molecule has 0 N–H and O–H groups in total. The molecule has 4 nitrogen and oxygen atoms in total. The van der Waals surface area contributed by atoms with Crippen molar-refractivity contribution in [3.05, 3.63) is 45.5 Å². The molecule has 0 saturated carbocycles. The number of pyridine rings is 1. The van der Waals surface area contributed by atoms with Crippen LogP contribution in [0.15, 0.2) is 12.3 Å². The van der Waals surface area contributed by atoms with Crippen molar-refractivity contribution in [3.63, 3.8) is 0 Å². The highest BCUT2D eigenvalue weighted by Crippen LogP contribution is 2.32. The summed E-state index contributed by atoms with van der Waals surface area (Å²) in [6.45, 7) is 2.68. The van der Waals surface area contributed by atoms with Crippen molar-refractivity contribution < 1.29 is 17.9 Å². The molecule has 2 heterocycles. The number of rotatable bonds is 1. The lowest BCUT2D eigenvalue weighted by Gasteiger charge is -2.17. The topological polar surface area (TPSA) is 44.8 Å². The van der Waals surface area contributed by atoms with E-state index in [2.05, 4.69) is 5.10 Å². The van der Waals surface area contributed by atoms with Gasteiger partial charge in [-0.05, 0) is 45.6 Å². The fraction of sp³-hybridized carbons (Fsp3) is 0.467. The number of halogens is 3. The molecular weight excluding hydrogens is 295 g/mol. The molecule has 1 aliphatic rings. The molecule has 0 amide bonds. The molecule has 0 spiro atoms. The molecule has 2 aromatic rings. The van der Waals surface area contributed by atoms with Crippen molar-refractivity contribution in [3.8, 4) is 5.82 Å². The summed E-state index contributed by atoms with van der Waals surface area (Å²) in [4.78, 5) is 0. The maximum Gasteiger partial charge on any atom is 0.420 e. The molecule has 0 radical (unpaired) electrons. The Labute approximate surface area is 125 Å². The molecule has 118 valence electrons. The van der Waals surface area contributed by atoms with Crippen LogP contribution in [-0.2, 0) is 19.0 Å². The van der Waals surface area contributed by atoms with Crippen LogP contribution in [-0.4, -0.2) is 9.78 Å². The van der Waals surface area contributed by atoms with Crippen molar-refractivity contribution in [2.24, 2.45) is 0 Å². The van der Waals surface area contributed by atoms with Gasteiger partial charge in [0.1, 0.15) is 11.9 Å².